The zero-order valence-corrected chi connectivity index (χ0v) is 14.0. The maximum Gasteiger partial charge on any atom is 0.234 e. The summed E-state index contributed by atoms with van der Waals surface area (Å²) in [7, 11) is 0. The Morgan fingerprint density at radius 1 is 1.12 bits per heavy atom. The van der Waals surface area contributed by atoms with Crippen molar-refractivity contribution in [1.29, 1.82) is 0 Å². The number of nitrogens with zero attached hydrogens (tertiary/aromatic N) is 3. The first-order valence-corrected chi connectivity index (χ1v) is 7.97. The molecule has 1 saturated carbocycles. The minimum Gasteiger partial charge on any atom is -0.324 e. The molecule has 25 heavy (non-hydrogen) atoms. The number of rotatable bonds is 5. The first-order valence-electron chi connectivity index (χ1n) is 7.97. The van der Waals surface area contributed by atoms with Gasteiger partial charge in [-0.25, -0.2) is 0 Å². The summed E-state index contributed by atoms with van der Waals surface area (Å²) in [5, 5.41) is 21.9. The minimum absolute atomic E-state index is 0.283. The van der Waals surface area contributed by atoms with Gasteiger partial charge in [0.15, 0.2) is 0 Å². The molecule has 0 heterocycles. The van der Waals surface area contributed by atoms with Gasteiger partial charge >= 0.3 is 0 Å². The summed E-state index contributed by atoms with van der Waals surface area (Å²) in [6.07, 6.45) is 0.283. The average molecular weight is 338 g/mol. The fourth-order valence-electron chi connectivity index (χ4n) is 2.47. The van der Waals surface area contributed by atoms with Crippen molar-refractivity contribution in [2.24, 2.45) is 16.1 Å². The van der Waals surface area contributed by atoms with Crippen molar-refractivity contribution < 1.29 is 9.72 Å². The molecule has 0 spiro atoms. The predicted octanol–water partition coefficient (Wildman–Crippen LogP) is 4.32. The molecular weight excluding hydrogens is 320 g/mol. The van der Waals surface area contributed by atoms with Crippen LogP contribution in [0.5, 0.6) is 0 Å². The lowest BCUT2D eigenvalue weighted by Crippen LogP contribution is -2.18. The minimum atomic E-state index is -0.775. The molecule has 0 bridgehead atoms. The third-order valence-electron chi connectivity index (χ3n) is 4.08. The largest absolute Gasteiger partial charge is 0.324 e. The second kappa shape index (κ2) is 6.80. The fraction of sp³-hybridized carbons (Fsp3) is 0.278. The van der Waals surface area contributed by atoms with Gasteiger partial charge in [0.2, 0.25) is 11.9 Å². The van der Waals surface area contributed by atoms with Crippen molar-refractivity contribution in [3.05, 3.63) is 63.7 Å². The zero-order chi connectivity index (χ0) is 18.0. The highest BCUT2D eigenvalue weighted by Crippen LogP contribution is 2.36. The normalized spacial score (nSPS) is 19.0. The van der Waals surface area contributed by atoms with E-state index in [-0.39, 0.29) is 12.3 Å². The molecule has 128 valence electrons. The lowest BCUT2D eigenvalue weighted by molar-refractivity contribution is -0.497. The zero-order valence-electron chi connectivity index (χ0n) is 14.0. The second-order valence-corrected chi connectivity index (χ2v) is 6.24. The number of amides is 1. The van der Waals surface area contributed by atoms with E-state index in [1.54, 1.807) is 6.07 Å². The molecule has 2 aromatic carbocycles. The lowest BCUT2D eigenvalue weighted by atomic mass is 10.2. The maximum atomic E-state index is 12.2. The van der Waals surface area contributed by atoms with Crippen molar-refractivity contribution >= 4 is 23.0 Å². The molecule has 0 aromatic heterocycles. The van der Waals surface area contributed by atoms with Crippen LogP contribution in [0.25, 0.3) is 0 Å². The van der Waals surface area contributed by atoms with Crippen molar-refractivity contribution in [2.45, 2.75) is 26.3 Å². The molecule has 2 atom stereocenters. The van der Waals surface area contributed by atoms with Crippen molar-refractivity contribution in [1.82, 2.24) is 0 Å². The molecule has 1 aliphatic carbocycles. The van der Waals surface area contributed by atoms with E-state index in [1.807, 2.05) is 50.2 Å². The number of nitrogens with one attached hydrogen (secondary N) is 1. The van der Waals surface area contributed by atoms with Gasteiger partial charge in [-0.15, -0.1) is 5.11 Å². The Hall–Kier alpha value is -3.09. The highest BCUT2D eigenvalue weighted by atomic mass is 16.6. The van der Waals surface area contributed by atoms with Crippen LogP contribution in [-0.4, -0.2) is 16.9 Å². The molecule has 1 fully saturated rings. The van der Waals surface area contributed by atoms with Crippen LogP contribution in [0.2, 0.25) is 0 Å². The van der Waals surface area contributed by atoms with Gasteiger partial charge in [0.25, 0.3) is 0 Å². The van der Waals surface area contributed by atoms with Crippen LogP contribution in [-0.2, 0) is 4.79 Å². The number of hydrogen-bond acceptors (Lipinski definition) is 5. The summed E-state index contributed by atoms with van der Waals surface area (Å²) in [5.41, 5.74) is 3.84. The van der Waals surface area contributed by atoms with Crippen LogP contribution in [0.4, 0.5) is 17.1 Å². The quantitative estimate of drug-likeness (QED) is 0.499. The Bertz CT molecular complexity index is 846. The summed E-state index contributed by atoms with van der Waals surface area (Å²) in [4.78, 5) is 22.5. The molecule has 0 radical (unpaired) electrons. The van der Waals surface area contributed by atoms with Gasteiger partial charge in [-0.1, -0.05) is 23.8 Å². The SMILES string of the molecule is Cc1ccc(N=Nc2cc(C)ccc2NC(=O)C2CC2[N+](=O)[O-])cc1. The average Bonchev–Trinajstić information content (AvgIpc) is 3.37. The highest BCUT2D eigenvalue weighted by molar-refractivity contribution is 5.97. The first kappa shape index (κ1) is 16.8. The molecule has 2 unspecified atom stereocenters. The number of anilines is 1. The van der Waals surface area contributed by atoms with Gasteiger partial charge in [0, 0.05) is 11.3 Å². The van der Waals surface area contributed by atoms with Crippen LogP contribution in [0.1, 0.15) is 17.5 Å². The summed E-state index contributed by atoms with van der Waals surface area (Å²) in [5.74, 6) is -0.921. The molecular formula is C18H18N4O3. The molecule has 0 saturated heterocycles. The summed E-state index contributed by atoms with van der Waals surface area (Å²) < 4.78 is 0. The third-order valence-corrected chi connectivity index (χ3v) is 4.08. The van der Waals surface area contributed by atoms with Crippen molar-refractivity contribution in [3.8, 4) is 0 Å². The Morgan fingerprint density at radius 2 is 1.80 bits per heavy atom. The number of aryl methyl sites for hydroxylation is 2. The van der Waals surface area contributed by atoms with Crippen molar-refractivity contribution in [3.63, 3.8) is 0 Å². The molecule has 7 heteroatoms. The van der Waals surface area contributed by atoms with E-state index in [1.165, 1.54) is 0 Å². The van der Waals surface area contributed by atoms with Crippen LogP contribution in [0.15, 0.2) is 52.7 Å². The molecule has 3 rings (SSSR count). The second-order valence-electron chi connectivity index (χ2n) is 6.24. The molecule has 1 N–H and O–H groups in total. The number of carbonyl (C=O) groups is 1. The maximum absolute atomic E-state index is 12.2. The summed E-state index contributed by atoms with van der Waals surface area (Å²) in [6.45, 7) is 3.91. The van der Waals surface area contributed by atoms with E-state index in [4.69, 9.17) is 0 Å². The molecule has 2 aromatic rings. The molecule has 0 aliphatic heterocycles. The first-order chi connectivity index (χ1) is 11.9. The third kappa shape index (κ3) is 4.06. The molecule has 1 aliphatic rings. The van der Waals surface area contributed by atoms with Crippen LogP contribution in [0, 0.1) is 29.9 Å². The van der Waals surface area contributed by atoms with Crippen LogP contribution >= 0.6 is 0 Å². The standard InChI is InChI=1S/C18H18N4O3/c1-11-3-6-13(7-4-11)20-21-16-9-12(2)5-8-15(16)19-18(23)14-10-17(14)22(24)25/h3-9,14,17H,10H2,1-2H3,(H,19,23). The van der Waals surface area contributed by atoms with E-state index in [9.17, 15) is 14.9 Å². The van der Waals surface area contributed by atoms with E-state index < -0.39 is 16.9 Å². The summed E-state index contributed by atoms with van der Waals surface area (Å²) >= 11 is 0. The predicted molar refractivity (Wildman–Crippen MR) is 94.1 cm³/mol. The Labute approximate surface area is 144 Å². The Kier molecular flexibility index (Phi) is 4.56. The molecule has 7 nitrogen and oxygen atoms in total. The van der Waals surface area contributed by atoms with Crippen molar-refractivity contribution in [2.75, 3.05) is 5.32 Å². The number of hydrogen-bond donors (Lipinski definition) is 1. The number of carbonyl (C=O) groups excluding carboxylic acids is 1. The van der Waals surface area contributed by atoms with Gasteiger partial charge in [0.05, 0.1) is 11.4 Å². The van der Waals surface area contributed by atoms with E-state index in [2.05, 4.69) is 15.5 Å². The smallest absolute Gasteiger partial charge is 0.234 e. The summed E-state index contributed by atoms with van der Waals surface area (Å²) in [6, 6.07) is 12.2. The van der Waals surface area contributed by atoms with E-state index in [0.717, 1.165) is 11.1 Å². The monoisotopic (exact) mass is 338 g/mol. The van der Waals surface area contributed by atoms with Crippen LogP contribution < -0.4 is 5.32 Å². The van der Waals surface area contributed by atoms with Gasteiger partial charge < -0.3 is 5.32 Å². The van der Waals surface area contributed by atoms with Gasteiger partial charge in [0.1, 0.15) is 11.6 Å². The van der Waals surface area contributed by atoms with Gasteiger partial charge in [-0.05, 0) is 43.7 Å². The van der Waals surface area contributed by atoms with E-state index in [0.29, 0.717) is 17.1 Å². The number of nitro groups is 1. The molecule has 1 amide bonds. The Morgan fingerprint density at radius 3 is 2.44 bits per heavy atom. The lowest BCUT2D eigenvalue weighted by Gasteiger charge is -2.07. The van der Waals surface area contributed by atoms with Crippen LogP contribution in [0.3, 0.4) is 0 Å². The Balaban J connectivity index is 1.77. The van der Waals surface area contributed by atoms with E-state index >= 15 is 0 Å². The highest BCUT2D eigenvalue weighted by Gasteiger charge is 2.53. The number of azo groups is 1. The number of benzene rings is 2. The topological polar surface area (TPSA) is 97.0 Å². The van der Waals surface area contributed by atoms with Gasteiger partial charge in [-0.3, -0.25) is 14.9 Å². The fourth-order valence-corrected chi connectivity index (χ4v) is 2.47. The van der Waals surface area contributed by atoms with Gasteiger partial charge in [-0.2, -0.15) is 5.11 Å².